The van der Waals surface area contributed by atoms with Crippen LogP contribution in [0.2, 0.25) is 0 Å². The second-order valence-corrected chi connectivity index (χ2v) is 12.2. The second-order valence-electron chi connectivity index (χ2n) is 9.72. The van der Waals surface area contributed by atoms with Gasteiger partial charge < -0.3 is 14.6 Å². The molecule has 0 atom stereocenters. The van der Waals surface area contributed by atoms with Crippen LogP contribution in [0, 0.1) is 0 Å². The molecular weight excluding hydrogens is 550 g/mol. The first-order valence-corrected chi connectivity index (χ1v) is 15.1. The number of hydrogen-bond acceptors (Lipinski definition) is 10. The Bertz CT molecular complexity index is 1540. The number of aliphatic hydroxyl groups excluding tert-OH is 1. The molecule has 0 aliphatic heterocycles. The zero-order chi connectivity index (χ0) is 28.8. The number of ether oxygens (including phenoxy) is 2. The number of rotatable bonds is 11. The normalized spacial score (nSPS) is 11.7. The lowest BCUT2D eigenvalue weighted by Crippen LogP contribution is -2.17. The van der Waals surface area contributed by atoms with Crippen molar-refractivity contribution in [2.45, 2.75) is 42.7 Å². The molecule has 0 aliphatic rings. The molecule has 4 rings (SSSR count). The zero-order valence-corrected chi connectivity index (χ0v) is 24.3. The van der Waals surface area contributed by atoms with E-state index in [1.165, 1.54) is 18.1 Å². The molecule has 0 radical (unpaired) electrons. The average molecular weight is 582 g/mol. The molecular formula is C28H31N5O5S2. The summed E-state index contributed by atoms with van der Waals surface area (Å²) in [5.41, 5.74) is 2.55. The van der Waals surface area contributed by atoms with Crippen LogP contribution in [0.4, 0.5) is 5.82 Å². The lowest BCUT2D eigenvalue weighted by molar-refractivity contribution is 0.201. The van der Waals surface area contributed by atoms with Gasteiger partial charge in [-0.3, -0.25) is 4.72 Å². The number of aliphatic hydroxyl groups is 1. The monoisotopic (exact) mass is 581 g/mol. The number of thioether (sulfide) groups is 1. The minimum atomic E-state index is -3.98. The second kappa shape index (κ2) is 12.6. The highest BCUT2D eigenvalue weighted by atomic mass is 32.2. The van der Waals surface area contributed by atoms with Gasteiger partial charge in [-0.2, -0.15) is 4.98 Å². The standard InChI is InChI=1S/C28H31N5O5S2/c1-28(2,3)21-9-11-22(12-10-21)40(35,36)33-25-24(20-7-5-19(17-34)6-8-20)26(31-18-30-25)37-15-16-38-27-29-14-13-23(32-27)39-4/h5-14,18,34H,15-17H2,1-4H3,(H,30,31,33). The van der Waals surface area contributed by atoms with Gasteiger partial charge in [0.05, 0.1) is 17.1 Å². The summed E-state index contributed by atoms with van der Waals surface area (Å²) in [7, 11) is -3.98. The molecule has 0 fully saturated rings. The molecule has 40 heavy (non-hydrogen) atoms. The topological polar surface area (TPSA) is 136 Å². The van der Waals surface area contributed by atoms with Gasteiger partial charge in [0, 0.05) is 6.20 Å². The molecule has 210 valence electrons. The molecule has 0 bridgehead atoms. The van der Waals surface area contributed by atoms with E-state index < -0.39 is 10.0 Å². The van der Waals surface area contributed by atoms with Crippen molar-refractivity contribution in [2.75, 3.05) is 24.2 Å². The van der Waals surface area contributed by atoms with Crippen molar-refractivity contribution >= 4 is 27.6 Å². The number of sulfonamides is 1. The first-order chi connectivity index (χ1) is 19.1. The fraction of sp³-hybridized carbons (Fsp3) is 0.286. The Morgan fingerprint density at radius 2 is 1.62 bits per heavy atom. The van der Waals surface area contributed by atoms with Crippen molar-refractivity contribution in [1.82, 2.24) is 19.9 Å². The molecule has 12 heteroatoms. The molecule has 0 amide bonds. The van der Waals surface area contributed by atoms with Crippen LogP contribution in [0.5, 0.6) is 11.9 Å². The molecule has 0 unspecified atom stereocenters. The van der Waals surface area contributed by atoms with Gasteiger partial charge in [-0.15, -0.1) is 11.8 Å². The maximum Gasteiger partial charge on any atom is 0.317 e. The smallest absolute Gasteiger partial charge is 0.317 e. The highest BCUT2D eigenvalue weighted by molar-refractivity contribution is 7.98. The van der Waals surface area contributed by atoms with Crippen LogP contribution in [-0.4, -0.2) is 52.9 Å². The van der Waals surface area contributed by atoms with Crippen molar-refractivity contribution in [3.63, 3.8) is 0 Å². The highest BCUT2D eigenvalue weighted by Gasteiger charge is 2.23. The van der Waals surface area contributed by atoms with E-state index in [1.54, 1.807) is 60.8 Å². The van der Waals surface area contributed by atoms with Crippen LogP contribution in [0.15, 0.2) is 77.0 Å². The Kier molecular flexibility index (Phi) is 9.23. The first kappa shape index (κ1) is 29.2. The van der Waals surface area contributed by atoms with E-state index >= 15 is 0 Å². The van der Waals surface area contributed by atoms with Gasteiger partial charge in [0.25, 0.3) is 10.0 Å². The van der Waals surface area contributed by atoms with E-state index in [-0.39, 0.29) is 47.8 Å². The summed E-state index contributed by atoms with van der Waals surface area (Å²) >= 11 is 1.48. The number of anilines is 1. The number of nitrogens with one attached hydrogen (secondary N) is 1. The predicted molar refractivity (Wildman–Crippen MR) is 154 cm³/mol. The van der Waals surface area contributed by atoms with E-state index in [0.29, 0.717) is 16.7 Å². The Hall–Kier alpha value is -3.74. The minimum absolute atomic E-state index is 0.0542. The third kappa shape index (κ3) is 7.26. The summed E-state index contributed by atoms with van der Waals surface area (Å²) < 4.78 is 40.8. The molecule has 10 nitrogen and oxygen atoms in total. The van der Waals surface area contributed by atoms with Gasteiger partial charge in [0.15, 0.2) is 5.82 Å². The summed E-state index contributed by atoms with van der Waals surface area (Å²) in [5.74, 6) is 0.216. The van der Waals surface area contributed by atoms with Crippen molar-refractivity contribution < 1.29 is 23.0 Å². The number of hydrogen-bond donors (Lipinski definition) is 2. The number of aromatic nitrogens is 4. The summed E-state index contributed by atoms with van der Waals surface area (Å²) in [6.07, 6.45) is 4.75. The first-order valence-electron chi connectivity index (χ1n) is 12.4. The van der Waals surface area contributed by atoms with Crippen molar-refractivity contribution in [1.29, 1.82) is 0 Å². The molecule has 2 heterocycles. The van der Waals surface area contributed by atoms with E-state index in [4.69, 9.17) is 9.47 Å². The van der Waals surface area contributed by atoms with Gasteiger partial charge in [0.1, 0.15) is 24.6 Å². The van der Waals surface area contributed by atoms with E-state index in [1.807, 2.05) is 6.26 Å². The van der Waals surface area contributed by atoms with Crippen molar-refractivity contribution in [2.24, 2.45) is 0 Å². The largest absolute Gasteiger partial charge is 0.473 e. The summed E-state index contributed by atoms with van der Waals surface area (Å²) in [6.45, 7) is 6.27. The van der Waals surface area contributed by atoms with Crippen molar-refractivity contribution in [3.05, 3.63) is 78.2 Å². The van der Waals surface area contributed by atoms with Crippen LogP contribution in [0.3, 0.4) is 0 Å². The van der Waals surface area contributed by atoms with E-state index in [2.05, 4.69) is 45.4 Å². The zero-order valence-electron chi connectivity index (χ0n) is 22.7. The van der Waals surface area contributed by atoms with Crippen LogP contribution < -0.4 is 14.2 Å². The van der Waals surface area contributed by atoms with E-state index in [9.17, 15) is 13.5 Å². The van der Waals surface area contributed by atoms with Gasteiger partial charge in [-0.1, -0.05) is 57.2 Å². The molecule has 0 spiro atoms. The number of benzene rings is 2. The fourth-order valence-corrected chi connectivity index (χ4v) is 5.08. The van der Waals surface area contributed by atoms with E-state index in [0.717, 1.165) is 10.6 Å². The minimum Gasteiger partial charge on any atom is -0.473 e. The fourth-order valence-electron chi connectivity index (χ4n) is 3.69. The van der Waals surface area contributed by atoms with Gasteiger partial charge in [0.2, 0.25) is 5.88 Å². The summed E-state index contributed by atoms with van der Waals surface area (Å²) in [4.78, 5) is 17.0. The lowest BCUT2D eigenvalue weighted by Gasteiger charge is -2.19. The molecule has 4 aromatic rings. The summed E-state index contributed by atoms with van der Waals surface area (Å²) in [6, 6.07) is 15.7. The predicted octanol–water partition coefficient (Wildman–Crippen LogP) is 4.70. The SMILES string of the molecule is CSc1ccnc(OCCOc2ncnc(NS(=O)(=O)c3ccc(C(C)(C)C)cc3)c2-c2ccc(CO)cc2)n1. The Morgan fingerprint density at radius 1 is 0.925 bits per heavy atom. The summed E-state index contributed by atoms with van der Waals surface area (Å²) in [5, 5.41) is 10.2. The Balaban J connectivity index is 1.60. The lowest BCUT2D eigenvalue weighted by atomic mass is 9.87. The van der Waals surface area contributed by atoms with Gasteiger partial charge in [-0.25, -0.2) is 23.4 Å². The molecule has 2 aromatic carbocycles. The van der Waals surface area contributed by atoms with Crippen LogP contribution >= 0.6 is 11.8 Å². The molecule has 0 saturated carbocycles. The molecule has 0 aliphatic carbocycles. The Morgan fingerprint density at radius 3 is 2.27 bits per heavy atom. The van der Waals surface area contributed by atoms with Crippen molar-refractivity contribution in [3.8, 4) is 23.0 Å². The van der Waals surface area contributed by atoms with Crippen LogP contribution in [0.1, 0.15) is 31.9 Å². The maximum absolute atomic E-state index is 13.3. The van der Waals surface area contributed by atoms with Gasteiger partial charge >= 0.3 is 6.01 Å². The highest BCUT2D eigenvalue weighted by Crippen LogP contribution is 2.35. The quantitative estimate of drug-likeness (QED) is 0.146. The van der Waals surface area contributed by atoms with Crippen LogP contribution in [-0.2, 0) is 22.0 Å². The Labute approximate surface area is 238 Å². The van der Waals surface area contributed by atoms with Crippen LogP contribution in [0.25, 0.3) is 11.1 Å². The third-order valence-corrected chi connectivity index (χ3v) is 7.87. The molecule has 0 saturated heterocycles. The average Bonchev–Trinajstić information content (AvgIpc) is 2.95. The molecule has 2 N–H and O–H groups in total. The van der Waals surface area contributed by atoms with Gasteiger partial charge in [-0.05, 0) is 46.6 Å². The number of nitrogens with zero attached hydrogens (tertiary/aromatic N) is 4. The maximum atomic E-state index is 13.3. The molecule has 2 aromatic heterocycles. The third-order valence-electron chi connectivity index (χ3n) is 5.87.